The second kappa shape index (κ2) is 10.9. The third kappa shape index (κ3) is 5.08. The number of carbonyl (C=O) groups excluding carboxylic acids is 1. The molecule has 2 fully saturated rings. The highest BCUT2D eigenvalue weighted by atomic mass is 16.5. The molecule has 1 atom stereocenters. The molecule has 5 rings (SSSR count). The monoisotopic (exact) mass is 494 g/mol. The molecule has 4 heterocycles. The number of methoxy groups -OCH3 is 1. The summed E-state index contributed by atoms with van der Waals surface area (Å²) < 4.78 is 11.3. The van der Waals surface area contributed by atoms with Crippen LogP contribution < -0.4 is 25.2 Å². The van der Waals surface area contributed by atoms with Gasteiger partial charge in [0.25, 0.3) is 0 Å². The van der Waals surface area contributed by atoms with Crippen LogP contribution in [0.25, 0.3) is 0 Å². The van der Waals surface area contributed by atoms with E-state index < -0.39 is 0 Å². The summed E-state index contributed by atoms with van der Waals surface area (Å²) in [6, 6.07) is 10.3. The van der Waals surface area contributed by atoms with Gasteiger partial charge in [-0.15, -0.1) is 0 Å². The number of nitrogens with zero attached hydrogens (tertiary/aromatic N) is 4. The van der Waals surface area contributed by atoms with Crippen molar-refractivity contribution in [3.8, 4) is 5.75 Å². The number of carbonyl (C=O) groups is 1. The quantitative estimate of drug-likeness (QED) is 0.635. The zero-order valence-electron chi connectivity index (χ0n) is 21.6. The largest absolute Gasteiger partial charge is 0.494 e. The highest BCUT2D eigenvalue weighted by molar-refractivity contribution is 5.86. The van der Waals surface area contributed by atoms with Gasteiger partial charge in [0.05, 0.1) is 12.8 Å². The Bertz CT molecular complexity index is 1070. The maximum atomic E-state index is 12.7. The normalized spacial score (nSPS) is 21.5. The van der Waals surface area contributed by atoms with E-state index in [4.69, 9.17) is 14.5 Å². The van der Waals surface area contributed by atoms with Crippen LogP contribution in [-0.4, -0.2) is 80.9 Å². The molecule has 0 bridgehead atoms. The maximum absolute atomic E-state index is 12.7. The highest BCUT2D eigenvalue weighted by Crippen LogP contribution is 2.35. The zero-order chi connectivity index (χ0) is 25.1. The first kappa shape index (κ1) is 24.6. The van der Waals surface area contributed by atoms with E-state index in [1.807, 2.05) is 13.0 Å². The summed E-state index contributed by atoms with van der Waals surface area (Å²) in [7, 11) is 1.70. The minimum atomic E-state index is -0.293. The minimum Gasteiger partial charge on any atom is -0.494 e. The average molecular weight is 495 g/mol. The Balaban J connectivity index is 1.39. The number of rotatable bonds is 6. The lowest BCUT2D eigenvalue weighted by Gasteiger charge is -2.38. The number of piperazine rings is 1. The first-order chi connectivity index (χ1) is 17.6. The van der Waals surface area contributed by atoms with E-state index in [-0.39, 0.29) is 18.0 Å². The number of likely N-dealkylation sites (N-methyl/N-ethyl adjacent to an activating group) is 1. The molecule has 0 spiro atoms. The van der Waals surface area contributed by atoms with Crippen molar-refractivity contribution in [1.29, 1.82) is 0 Å². The molecule has 1 unspecified atom stereocenters. The van der Waals surface area contributed by atoms with E-state index in [0.717, 1.165) is 74.2 Å². The number of hydrogen-bond acceptors (Lipinski definition) is 8. The van der Waals surface area contributed by atoms with Crippen molar-refractivity contribution in [3.05, 3.63) is 35.9 Å². The van der Waals surface area contributed by atoms with Gasteiger partial charge >= 0.3 is 0 Å². The molecule has 194 valence electrons. The van der Waals surface area contributed by atoms with Gasteiger partial charge in [-0.3, -0.25) is 4.79 Å². The molecule has 0 radical (unpaired) electrons. The number of fused-ring (bicyclic) bond motifs is 1. The molecule has 1 aromatic heterocycles. The predicted octanol–water partition coefficient (Wildman–Crippen LogP) is 2.98. The molecule has 1 amide bonds. The predicted molar refractivity (Wildman–Crippen MR) is 142 cm³/mol. The highest BCUT2D eigenvalue weighted by Gasteiger charge is 2.34. The molecule has 2 saturated heterocycles. The fraction of sp³-hybridized carbons (Fsp3) is 0.556. The van der Waals surface area contributed by atoms with Crippen LogP contribution >= 0.6 is 0 Å². The topological polar surface area (TPSA) is 82.2 Å². The molecule has 0 saturated carbocycles. The molecule has 9 heteroatoms. The Labute approximate surface area is 213 Å². The fourth-order valence-electron chi connectivity index (χ4n) is 5.44. The Hall–Kier alpha value is -3.04. The van der Waals surface area contributed by atoms with Crippen molar-refractivity contribution in [3.63, 3.8) is 0 Å². The van der Waals surface area contributed by atoms with Crippen molar-refractivity contribution in [2.45, 2.75) is 45.3 Å². The lowest BCUT2D eigenvalue weighted by atomic mass is 10.0. The van der Waals surface area contributed by atoms with Gasteiger partial charge in [-0.2, -0.15) is 0 Å². The maximum Gasteiger partial charge on any atom is 0.242 e. The summed E-state index contributed by atoms with van der Waals surface area (Å²) in [4.78, 5) is 24.9. The smallest absolute Gasteiger partial charge is 0.242 e. The van der Waals surface area contributed by atoms with Crippen LogP contribution in [0.1, 0.15) is 32.3 Å². The summed E-state index contributed by atoms with van der Waals surface area (Å²) in [5.74, 6) is 2.41. The summed E-state index contributed by atoms with van der Waals surface area (Å²) in [5, 5.41) is 6.52. The van der Waals surface area contributed by atoms with Crippen molar-refractivity contribution in [2.75, 3.05) is 68.2 Å². The van der Waals surface area contributed by atoms with Gasteiger partial charge < -0.3 is 34.8 Å². The Morgan fingerprint density at radius 3 is 2.64 bits per heavy atom. The molecule has 2 N–H and O–H groups in total. The van der Waals surface area contributed by atoms with Crippen LogP contribution in [0.4, 0.5) is 23.0 Å². The molecule has 36 heavy (non-hydrogen) atoms. The van der Waals surface area contributed by atoms with Crippen LogP contribution in [-0.2, 0) is 16.1 Å². The number of nitrogens with one attached hydrogen (secondary N) is 2. The lowest BCUT2D eigenvalue weighted by Crippen LogP contribution is -2.50. The van der Waals surface area contributed by atoms with E-state index in [9.17, 15) is 4.79 Å². The molecule has 2 aromatic rings. The third-order valence-corrected chi connectivity index (χ3v) is 7.67. The van der Waals surface area contributed by atoms with Gasteiger partial charge in [0.2, 0.25) is 5.91 Å². The number of pyridine rings is 1. The van der Waals surface area contributed by atoms with Gasteiger partial charge in [0.15, 0.2) is 0 Å². The minimum absolute atomic E-state index is 0.0334. The van der Waals surface area contributed by atoms with Crippen molar-refractivity contribution in [2.24, 2.45) is 0 Å². The van der Waals surface area contributed by atoms with Gasteiger partial charge in [0, 0.05) is 69.3 Å². The number of anilines is 4. The van der Waals surface area contributed by atoms with Crippen molar-refractivity contribution < 1.29 is 14.3 Å². The summed E-state index contributed by atoms with van der Waals surface area (Å²) in [5.41, 5.74) is 3.07. The van der Waals surface area contributed by atoms with Gasteiger partial charge in [-0.25, -0.2) is 4.98 Å². The van der Waals surface area contributed by atoms with E-state index >= 15 is 0 Å². The number of hydrogen-bond donors (Lipinski definition) is 2. The van der Waals surface area contributed by atoms with E-state index in [0.29, 0.717) is 19.8 Å². The molecule has 3 aliphatic heterocycles. The number of aromatic nitrogens is 1. The van der Waals surface area contributed by atoms with Gasteiger partial charge in [0.1, 0.15) is 23.4 Å². The second-order valence-corrected chi connectivity index (χ2v) is 9.75. The van der Waals surface area contributed by atoms with Gasteiger partial charge in [-0.05, 0) is 50.6 Å². The molecule has 0 aliphatic carbocycles. The first-order valence-electron chi connectivity index (χ1n) is 13.1. The van der Waals surface area contributed by atoms with Crippen molar-refractivity contribution in [1.82, 2.24) is 15.2 Å². The van der Waals surface area contributed by atoms with Crippen LogP contribution in [0.15, 0.2) is 30.3 Å². The molecular weight excluding hydrogens is 456 g/mol. The fourth-order valence-corrected chi connectivity index (χ4v) is 5.44. The van der Waals surface area contributed by atoms with Gasteiger partial charge in [-0.1, -0.05) is 6.92 Å². The van der Waals surface area contributed by atoms with Crippen LogP contribution in [0.3, 0.4) is 0 Å². The van der Waals surface area contributed by atoms with E-state index in [2.05, 4.69) is 56.5 Å². The van der Waals surface area contributed by atoms with Crippen LogP contribution in [0, 0.1) is 0 Å². The molecule has 3 aliphatic rings. The Morgan fingerprint density at radius 2 is 1.92 bits per heavy atom. The standard InChI is InChI=1S/C27H38N6O3/c1-4-31-11-13-32(14-12-31)22-6-7-23(24(17-22)35-3)29-25-8-5-20-18-28-27(34)19(2)33(26(20)30-25)21-9-15-36-16-10-21/h5-8,17,19,21H,4,9-16,18H2,1-3H3,(H,28,34)(H,29,30). The molecule has 1 aromatic carbocycles. The Kier molecular flexibility index (Phi) is 7.48. The van der Waals surface area contributed by atoms with E-state index in [1.54, 1.807) is 7.11 Å². The molecule has 9 nitrogen and oxygen atoms in total. The number of benzene rings is 1. The SMILES string of the molecule is CCN1CCN(c2ccc(Nc3ccc4c(n3)N(C3CCOCC3)C(C)C(=O)NC4)c(OC)c2)CC1. The summed E-state index contributed by atoms with van der Waals surface area (Å²) in [6.45, 7) is 11.4. The summed E-state index contributed by atoms with van der Waals surface area (Å²) >= 11 is 0. The number of amides is 1. The zero-order valence-corrected chi connectivity index (χ0v) is 21.6. The van der Waals surface area contributed by atoms with Crippen LogP contribution in [0.2, 0.25) is 0 Å². The average Bonchev–Trinajstić information content (AvgIpc) is 3.05. The van der Waals surface area contributed by atoms with Crippen LogP contribution in [0.5, 0.6) is 5.75 Å². The Morgan fingerprint density at radius 1 is 1.14 bits per heavy atom. The third-order valence-electron chi connectivity index (χ3n) is 7.67. The van der Waals surface area contributed by atoms with Crippen molar-refractivity contribution >= 4 is 28.9 Å². The first-order valence-corrected chi connectivity index (χ1v) is 13.1. The lowest BCUT2D eigenvalue weighted by molar-refractivity contribution is -0.122. The van der Waals surface area contributed by atoms with E-state index in [1.165, 1.54) is 5.69 Å². The summed E-state index contributed by atoms with van der Waals surface area (Å²) in [6.07, 6.45) is 1.77. The number of ether oxygens (including phenoxy) is 2. The molecular formula is C27H38N6O3. The second-order valence-electron chi connectivity index (χ2n) is 9.75.